The fourth-order valence-corrected chi connectivity index (χ4v) is 1.65. The number of nitrogen functional groups attached to an aromatic ring is 1. The van der Waals surface area contributed by atoms with Crippen LogP contribution in [-0.4, -0.2) is 17.1 Å². The third-order valence-electron chi connectivity index (χ3n) is 2.34. The van der Waals surface area contributed by atoms with Crippen molar-refractivity contribution in [3.05, 3.63) is 41.3 Å². The number of methoxy groups -OCH3 is 1. The Labute approximate surface area is 110 Å². The van der Waals surface area contributed by atoms with Crippen LogP contribution < -0.4 is 11.1 Å². The summed E-state index contributed by atoms with van der Waals surface area (Å²) in [6.45, 7) is 0.551. The molecule has 0 spiro atoms. The van der Waals surface area contributed by atoms with E-state index < -0.39 is 0 Å². The van der Waals surface area contributed by atoms with E-state index in [1.54, 1.807) is 7.11 Å². The lowest BCUT2D eigenvalue weighted by Gasteiger charge is -2.09. The summed E-state index contributed by atoms with van der Waals surface area (Å²) in [5.41, 5.74) is 8.04. The molecule has 0 bridgehead atoms. The number of aromatic nitrogens is 2. The van der Waals surface area contributed by atoms with Gasteiger partial charge in [-0.3, -0.25) is 0 Å². The highest BCUT2D eigenvalue weighted by Gasteiger charge is 2.06. The second kappa shape index (κ2) is 5.66. The summed E-state index contributed by atoms with van der Waals surface area (Å²) in [6.07, 6.45) is 1.36. The Morgan fingerprint density at radius 1 is 1.39 bits per heavy atom. The molecule has 0 unspecified atom stereocenters. The first-order valence-corrected chi connectivity index (χ1v) is 5.69. The summed E-state index contributed by atoms with van der Waals surface area (Å²) < 4.78 is 5.08. The van der Waals surface area contributed by atoms with Crippen molar-refractivity contribution < 1.29 is 4.74 Å². The molecule has 5 nitrogen and oxygen atoms in total. The number of anilines is 3. The molecule has 1 heterocycles. The van der Waals surface area contributed by atoms with Crippen molar-refractivity contribution in [3.63, 3.8) is 0 Å². The maximum atomic E-state index is 5.82. The van der Waals surface area contributed by atoms with Crippen molar-refractivity contribution in [1.82, 2.24) is 9.97 Å². The third-order valence-corrected chi connectivity index (χ3v) is 2.64. The molecule has 0 aliphatic heterocycles. The number of nitrogens with one attached hydrogen (secondary N) is 1. The highest BCUT2D eigenvalue weighted by Crippen LogP contribution is 2.25. The standard InChI is InChI=1S/C12H13ClN4O/c1-18-6-8-3-2-4-9(5-8)17-12-10(14)11(13)15-7-16-12/h2-5,7H,6,14H2,1H3,(H,15,16,17). The number of benzene rings is 1. The lowest BCUT2D eigenvalue weighted by molar-refractivity contribution is 0.185. The van der Waals surface area contributed by atoms with Crippen LogP contribution in [0.25, 0.3) is 0 Å². The fraction of sp³-hybridized carbons (Fsp3) is 0.167. The molecule has 1 aromatic heterocycles. The molecule has 18 heavy (non-hydrogen) atoms. The van der Waals surface area contributed by atoms with Gasteiger partial charge in [-0.15, -0.1) is 0 Å². The molecule has 0 saturated carbocycles. The highest BCUT2D eigenvalue weighted by atomic mass is 35.5. The maximum absolute atomic E-state index is 5.82. The second-order valence-electron chi connectivity index (χ2n) is 3.69. The fourth-order valence-electron chi connectivity index (χ4n) is 1.52. The zero-order valence-electron chi connectivity index (χ0n) is 9.85. The molecular weight excluding hydrogens is 252 g/mol. The molecule has 0 amide bonds. The number of halogens is 1. The predicted molar refractivity (Wildman–Crippen MR) is 71.9 cm³/mol. The molecule has 0 aliphatic rings. The smallest absolute Gasteiger partial charge is 0.158 e. The van der Waals surface area contributed by atoms with Gasteiger partial charge in [0.2, 0.25) is 0 Å². The van der Waals surface area contributed by atoms with E-state index in [-0.39, 0.29) is 5.15 Å². The van der Waals surface area contributed by atoms with E-state index in [0.29, 0.717) is 18.1 Å². The Morgan fingerprint density at radius 3 is 3.00 bits per heavy atom. The Balaban J connectivity index is 2.23. The number of ether oxygens (including phenoxy) is 1. The lowest BCUT2D eigenvalue weighted by atomic mass is 10.2. The Hall–Kier alpha value is -1.85. The van der Waals surface area contributed by atoms with Gasteiger partial charge in [0.15, 0.2) is 11.0 Å². The molecule has 0 fully saturated rings. The number of nitrogens with two attached hydrogens (primary N) is 1. The monoisotopic (exact) mass is 264 g/mol. The summed E-state index contributed by atoms with van der Waals surface area (Å²) in [4.78, 5) is 7.84. The van der Waals surface area contributed by atoms with Gasteiger partial charge in [0.05, 0.1) is 6.61 Å². The Kier molecular flexibility index (Phi) is 3.96. The van der Waals surface area contributed by atoms with Gasteiger partial charge < -0.3 is 15.8 Å². The van der Waals surface area contributed by atoms with E-state index in [1.807, 2.05) is 24.3 Å². The van der Waals surface area contributed by atoms with E-state index in [2.05, 4.69) is 15.3 Å². The predicted octanol–water partition coefficient (Wildman–Crippen LogP) is 2.60. The van der Waals surface area contributed by atoms with Crippen molar-refractivity contribution >= 4 is 28.8 Å². The second-order valence-corrected chi connectivity index (χ2v) is 4.04. The van der Waals surface area contributed by atoms with E-state index in [1.165, 1.54) is 6.33 Å². The molecule has 2 rings (SSSR count). The van der Waals surface area contributed by atoms with E-state index >= 15 is 0 Å². The van der Waals surface area contributed by atoms with Crippen molar-refractivity contribution in [2.75, 3.05) is 18.2 Å². The van der Waals surface area contributed by atoms with Gasteiger partial charge in [-0.1, -0.05) is 23.7 Å². The van der Waals surface area contributed by atoms with Crippen molar-refractivity contribution in [1.29, 1.82) is 0 Å². The first-order chi connectivity index (χ1) is 8.70. The molecule has 1 aromatic carbocycles. The summed E-state index contributed by atoms with van der Waals surface area (Å²) in [5, 5.41) is 3.33. The molecule has 94 valence electrons. The van der Waals surface area contributed by atoms with E-state index in [4.69, 9.17) is 22.1 Å². The Morgan fingerprint density at radius 2 is 2.22 bits per heavy atom. The van der Waals surface area contributed by atoms with Crippen LogP contribution in [0.3, 0.4) is 0 Å². The largest absolute Gasteiger partial charge is 0.393 e. The van der Waals surface area contributed by atoms with Gasteiger partial charge in [-0.25, -0.2) is 9.97 Å². The SMILES string of the molecule is COCc1cccc(Nc2ncnc(Cl)c2N)c1. The number of hydrogen-bond donors (Lipinski definition) is 2. The Bertz CT molecular complexity index is 547. The van der Waals surface area contributed by atoms with E-state index in [0.717, 1.165) is 11.3 Å². The quantitative estimate of drug-likeness (QED) is 0.831. The van der Waals surface area contributed by atoms with Gasteiger partial charge in [-0.2, -0.15) is 0 Å². The zero-order chi connectivity index (χ0) is 13.0. The number of rotatable bonds is 4. The van der Waals surface area contributed by atoms with Crippen molar-refractivity contribution in [2.24, 2.45) is 0 Å². The summed E-state index contributed by atoms with van der Waals surface area (Å²) in [7, 11) is 1.66. The van der Waals surface area contributed by atoms with Crippen LogP contribution in [0.2, 0.25) is 5.15 Å². The van der Waals surface area contributed by atoms with Crippen LogP contribution in [0, 0.1) is 0 Å². The molecule has 6 heteroatoms. The van der Waals surface area contributed by atoms with Crippen LogP contribution in [0.5, 0.6) is 0 Å². The molecule has 2 aromatic rings. The van der Waals surface area contributed by atoms with Gasteiger partial charge in [-0.05, 0) is 17.7 Å². The maximum Gasteiger partial charge on any atom is 0.158 e. The number of nitrogens with zero attached hydrogens (tertiary/aromatic N) is 2. The average Bonchev–Trinajstić information content (AvgIpc) is 2.36. The molecule has 0 radical (unpaired) electrons. The minimum atomic E-state index is 0.237. The zero-order valence-corrected chi connectivity index (χ0v) is 10.6. The molecule has 0 saturated heterocycles. The molecule has 3 N–H and O–H groups in total. The van der Waals surface area contributed by atoms with Gasteiger partial charge in [0, 0.05) is 12.8 Å². The summed E-state index contributed by atoms with van der Waals surface area (Å²) >= 11 is 5.82. The first-order valence-electron chi connectivity index (χ1n) is 5.31. The topological polar surface area (TPSA) is 73.1 Å². The first kappa shape index (κ1) is 12.6. The van der Waals surface area contributed by atoms with Crippen molar-refractivity contribution in [2.45, 2.75) is 6.61 Å². The lowest BCUT2D eigenvalue weighted by Crippen LogP contribution is -2.01. The van der Waals surface area contributed by atoms with Crippen LogP contribution >= 0.6 is 11.6 Å². The van der Waals surface area contributed by atoms with E-state index in [9.17, 15) is 0 Å². The van der Waals surface area contributed by atoms with Gasteiger partial charge in [0.1, 0.15) is 12.0 Å². The third kappa shape index (κ3) is 2.88. The molecule has 0 aliphatic carbocycles. The average molecular weight is 265 g/mol. The highest BCUT2D eigenvalue weighted by molar-refractivity contribution is 6.32. The van der Waals surface area contributed by atoms with Crippen LogP contribution in [0.15, 0.2) is 30.6 Å². The number of hydrogen-bond acceptors (Lipinski definition) is 5. The molecule has 0 atom stereocenters. The van der Waals surface area contributed by atoms with Gasteiger partial charge in [0.25, 0.3) is 0 Å². The van der Waals surface area contributed by atoms with Gasteiger partial charge >= 0.3 is 0 Å². The minimum Gasteiger partial charge on any atom is -0.393 e. The normalized spacial score (nSPS) is 10.3. The summed E-state index contributed by atoms with van der Waals surface area (Å²) in [5.74, 6) is 0.490. The van der Waals surface area contributed by atoms with Crippen LogP contribution in [0.4, 0.5) is 17.2 Å². The summed E-state index contributed by atoms with van der Waals surface area (Å²) in [6, 6.07) is 7.77. The minimum absolute atomic E-state index is 0.237. The van der Waals surface area contributed by atoms with Crippen LogP contribution in [0.1, 0.15) is 5.56 Å². The van der Waals surface area contributed by atoms with Crippen molar-refractivity contribution in [3.8, 4) is 0 Å². The van der Waals surface area contributed by atoms with Crippen LogP contribution in [-0.2, 0) is 11.3 Å². The molecular formula is C12H13ClN4O.